The van der Waals surface area contributed by atoms with Crippen molar-refractivity contribution < 1.29 is 8.78 Å². The third-order valence-corrected chi connectivity index (χ3v) is 6.41. The number of aromatic amines is 2. The van der Waals surface area contributed by atoms with Crippen molar-refractivity contribution >= 4 is 28.2 Å². The first kappa shape index (κ1) is 20.7. The summed E-state index contributed by atoms with van der Waals surface area (Å²) in [6.45, 7) is -0.463. The Morgan fingerprint density at radius 2 is 2.03 bits per heavy atom. The summed E-state index contributed by atoms with van der Waals surface area (Å²) in [5, 5.41) is 9.60. The molecule has 1 fully saturated rings. The number of nitrogens with zero attached hydrogens (tertiary/aromatic N) is 5. The fourth-order valence-electron chi connectivity index (χ4n) is 4.47. The molecule has 4 aromatic heterocycles. The van der Waals surface area contributed by atoms with Gasteiger partial charge < -0.3 is 4.98 Å². The highest BCUT2D eigenvalue weighted by Crippen LogP contribution is 2.56. The number of aromatic nitrogens is 7. The van der Waals surface area contributed by atoms with E-state index in [0.717, 1.165) is 22.9 Å². The second-order valence-corrected chi connectivity index (χ2v) is 8.66. The Hall–Kier alpha value is -3.86. The summed E-state index contributed by atoms with van der Waals surface area (Å²) in [5.41, 5.74) is 2.46. The summed E-state index contributed by atoms with van der Waals surface area (Å²) in [5.74, 6) is 0.191. The van der Waals surface area contributed by atoms with Crippen LogP contribution in [0.2, 0.25) is 5.15 Å². The predicted molar refractivity (Wildman–Crippen MR) is 121 cm³/mol. The average molecular weight is 484 g/mol. The molecule has 5 aromatic rings. The Balaban J connectivity index is 1.42. The quantitative estimate of drug-likeness (QED) is 0.398. The summed E-state index contributed by atoms with van der Waals surface area (Å²) in [6, 6.07) is 7.55. The lowest BCUT2D eigenvalue weighted by molar-refractivity contribution is 0.123. The molecule has 0 amide bonds. The predicted octanol–water partition coefficient (Wildman–Crippen LogP) is 3.31. The smallest absolute Gasteiger partial charge is 0.313 e. The van der Waals surface area contributed by atoms with Crippen molar-refractivity contribution in [3.05, 3.63) is 80.0 Å². The maximum absolute atomic E-state index is 12.9. The van der Waals surface area contributed by atoms with Gasteiger partial charge in [-0.1, -0.05) is 23.7 Å². The topological polar surface area (TPSA) is 114 Å². The first-order chi connectivity index (χ1) is 16.4. The van der Waals surface area contributed by atoms with Gasteiger partial charge in [-0.25, -0.2) is 23.1 Å². The Morgan fingerprint density at radius 1 is 1.18 bits per heavy atom. The third kappa shape index (κ3) is 3.39. The number of rotatable bonds is 5. The van der Waals surface area contributed by atoms with Gasteiger partial charge in [0.25, 0.3) is 12.0 Å². The first-order valence-electron chi connectivity index (χ1n) is 10.5. The normalized spacial score (nSPS) is 17.8. The molecule has 0 saturated heterocycles. The molecule has 9 nitrogen and oxygen atoms in total. The van der Waals surface area contributed by atoms with E-state index in [2.05, 4.69) is 25.1 Å². The van der Waals surface area contributed by atoms with Crippen molar-refractivity contribution in [2.75, 3.05) is 0 Å². The van der Waals surface area contributed by atoms with Crippen molar-refractivity contribution in [2.24, 2.45) is 0 Å². The Kier molecular flexibility index (Phi) is 4.63. The number of benzene rings is 1. The number of fused-ring (bicyclic) bond motifs is 2. The van der Waals surface area contributed by atoms with E-state index < -0.39 is 24.2 Å². The molecular weight excluding hydrogens is 468 g/mol. The van der Waals surface area contributed by atoms with Crippen molar-refractivity contribution in [3.63, 3.8) is 0 Å². The van der Waals surface area contributed by atoms with Gasteiger partial charge in [-0.3, -0.25) is 14.5 Å². The van der Waals surface area contributed by atoms with Crippen LogP contribution in [-0.2, 0) is 6.54 Å². The van der Waals surface area contributed by atoms with Crippen molar-refractivity contribution in [3.8, 4) is 11.3 Å². The van der Waals surface area contributed by atoms with E-state index in [-0.39, 0.29) is 22.6 Å². The van der Waals surface area contributed by atoms with Crippen LogP contribution in [0.1, 0.15) is 29.4 Å². The molecule has 172 valence electrons. The van der Waals surface area contributed by atoms with E-state index >= 15 is 0 Å². The minimum absolute atomic E-state index is 0.0634. The number of nitrogens with one attached hydrogen (secondary N) is 2. The molecule has 12 heteroatoms. The number of hydrogen-bond donors (Lipinski definition) is 2. The van der Waals surface area contributed by atoms with Gasteiger partial charge in [0.1, 0.15) is 6.54 Å². The molecule has 34 heavy (non-hydrogen) atoms. The number of halogens is 3. The van der Waals surface area contributed by atoms with Gasteiger partial charge in [0.15, 0.2) is 10.8 Å². The zero-order valence-electron chi connectivity index (χ0n) is 17.4. The van der Waals surface area contributed by atoms with Crippen LogP contribution in [-0.4, -0.2) is 40.8 Å². The van der Waals surface area contributed by atoms with E-state index in [1.54, 1.807) is 12.3 Å². The SMILES string of the molecule is O=c1[nH]cc(-c2cc([C@H]3C[C@@H]3c3ccc4cnn(CC(F)F)c4c3)c3ncc(Cl)n3n2)c(=O)[nH]1. The molecular formula is C22H16ClF2N7O2. The minimum atomic E-state index is -2.50. The van der Waals surface area contributed by atoms with Gasteiger partial charge in [0.2, 0.25) is 0 Å². The van der Waals surface area contributed by atoms with Crippen LogP contribution < -0.4 is 11.2 Å². The summed E-state index contributed by atoms with van der Waals surface area (Å²) in [6.07, 6.45) is 2.69. The fourth-order valence-corrected chi connectivity index (χ4v) is 4.64. The zero-order valence-corrected chi connectivity index (χ0v) is 18.1. The van der Waals surface area contributed by atoms with Crippen LogP contribution in [0.5, 0.6) is 0 Å². The second-order valence-electron chi connectivity index (χ2n) is 8.27. The first-order valence-corrected chi connectivity index (χ1v) is 10.9. The van der Waals surface area contributed by atoms with Gasteiger partial charge in [0, 0.05) is 17.1 Å². The largest absolute Gasteiger partial charge is 0.325 e. The summed E-state index contributed by atoms with van der Waals surface area (Å²) in [4.78, 5) is 32.8. The van der Waals surface area contributed by atoms with Gasteiger partial charge in [-0.2, -0.15) is 10.2 Å². The molecule has 1 aliphatic rings. The molecule has 0 unspecified atom stereocenters. The molecule has 2 atom stereocenters. The van der Waals surface area contributed by atoms with Crippen LogP contribution in [0.3, 0.4) is 0 Å². The molecule has 6 rings (SSSR count). The maximum atomic E-state index is 12.9. The molecule has 4 heterocycles. The third-order valence-electron chi connectivity index (χ3n) is 6.15. The van der Waals surface area contributed by atoms with Crippen LogP contribution in [0, 0.1) is 0 Å². The van der Waals surface area contributed by atoms with Crippen molar-refractivity contribution in [2.45, 2.75) is 31.2 Å². The number of H-pyrrole nitrogens is 2. The molecule has 1 saturated carbocycles. The molecule has 2 N–H and O–H groups in total. The molecule has 1 aliphatic carbocycles. The van der Waals surface area contributed by atoms with E-state index in [4.69, 9.17) is 11.6 Å². The second kappa shape index (κ2) is 7.59. The Labute approximate surface area is 194 Å². The van der Waals surface area contributed by atoms with Crippen LogP contribution in [0.15, 0.2) is 52.4 Å². The summed E-state index contributed by atoms with van der Waals surface area (Å²) in [7, 11) is 0. The van der Waals surface area contributed by atoms with Crippen molar-refractivity contribution in [1.82, 2.24) is 34.3 Å². The molecule has 0 aliphatic heterocycles. The molecule has 0 bridgehead atoms. The van der Waals surface area contributed by atoms with E-state index in [0.29, 0.717) is 16.9 Å². The van der Waals surface area contributed by atoms with Gasteiger partial charge in [0.05, 0.1) is 29.2 Å². The van der Waals surface area contributed by atoms with Crippen LogP contribution >= 0.6 is 11.6 Å². The maximum Gasteiger partial charge on any atom is 0.325 e. The standard InChI is InChI=1S/C22H16ClF2N7O2/c23-18-8-26-20-14(5-16(30-32(18)20)15-7-27-22(34)29-21(15)33)13-4-12(13)10-1-2-11-6-28-31(9-19(24)25)17(11)3-10/h1-3,5-8,12-13,19H,4,9H2,(H2,27,29,33,34)/t12-,13+/m1/s1. The van der Waals surface area contributed by atoms with Gasteiger partial charge in [-0.15, -0.1) is 0 Å². The lowest BCUT2D eigenvalue weighted by Crippen LogP contribution is -2.23. The fraction of sp³-hybridized carbons (Fsp3) is 0.227. The summed E-state index contributed by atoms with van der Waals surface area (Å²) < 4.78 is 28.6. The number of imidazole rings is 1. The van der Waals surface area contributed by atoms with E-state index in [1.165, 1.54) is 21.6 Å². The highest BCUT2D eigenvalue weighted by Gasteiger charge is 2.41. The Morgan fingerprint density at radius 3 is 2.82 bits per heavy atom. The van der Waals surface area contributed by atoms with Gasteiger partial charge >= 0.3 is 5.69 Å². The zero-order chi connectivity index (χ0) is 23.6. The summed E-state index contributed by atoms with van der Waals surface area (Å²) >= 11 is 6.28. The van der Waals surface area contributed by atoms with E-state index in [1.807, 2.05) is 18.2 Å². The monoisotopic (exact) mass is 483 g/mol. The highest BCUT2D eigenvalue weighted by atomic mass is 35.5. The van der Waals surface area contributed by atoms with Crippen LogP contribution in [0.4, 0.5) is 8.78 Å². The molecule has 1 aromatic carbocycles. The lowest BCUT2D eigenvalue weighted by atomic mass is 10.0. The van der Waals surface area contributed by atoms with Gasteiger partial charge in [-0.05, 0) is 36.0 Å². The molecule has 0 spiro atoms. The lowest BCUT2D eigenvalue weighted by Gasteiger charge is -2.08. The van der Waals surface area contributed by atoms with Crippen LogP contribution in [0.25, 0.3) is 27.8 Å². The average Bonchev–Trinajstić information content (AvgIpc) is 3.38. The van der Waals surface area contributed by atoms with Crippen molar-refractivity contribution in [1.29, 1.82) is 0 Å². The highest BCUT2D eigenvalue weighted by molar-refractivity contribution is 6.29. The molecule has 0 radical (unpaired) electrons. The number of hydrogen-bond acceptors (Lipinski definition) is 5. The van der Waals surface area contributed by atoms with E-state index in [9.17, 15) is 18.4 Å². The minimum Gasteiger partial charge on any atom is -0.313 e. The number of alkyl halides is 2. The Bertz CT molecular complexity index is 1690.